The van der Waals surface area contributed by atoms with Crippen molar-refractivity contribution >= 4 is 33.0 Å². The molecule has 0 aromatic heterocycles. The Bertz CT molecular complexity index is 506. The number of nitrogens with one attached hydrogen (secondary N) is 1. The lowest BCUT2D eigenvalue weighted by molar-refractivity contribution is 0.627. The first-order chi connectivity index (χ1) is 8.06. The van der Waals surface area contributed by atoms with Crippen LogP contribution in [0, 0.1) is 12.7 Å². The zero-order valence-electron chi connectivity index (χ0n) is 9.30. The normalized spacial score (nSPS) is 10.3. The summed E-state index contributed by atoms with van der Waals surface area (Å²) in [6.45, 7) is 1.98. The second kappa shape index (κ2) is 4.75. The lowest BCUT2D eigenvalue weighted by atomic mass is 10.2. The number of halogens is 2. The zero-order chi connectivity index (χ0) is 12.4. The summed E-state index contributed by atoms with van der Waals surface area (Å²) < 4.78 is 13.6. The minimum atomic E-state index is -0.278. The molecule has 0 atom stereocenters. The third kappa shape index (κ3) is 2.77. The number of hydrogen-bond donors (Lipinski definition) is 2. The molecule has 2 nitrogen and oxygen atoms in total. The Morgan fingerprint density at radius 2 is 1.82 bits per heavy atom. The van der Waals surface area contributed by atoms with Gasteiger partial charge in [0.05, 0.1) is 17.1 Å². The summed E-state index contributed by atoms with van der Waals surface area (Å²) in [6, 6.07) is 10.2. The molecule has 4 heteroatoms. The second-order valence-electron chi connectivity index (χ2n) is 3.84. The highest BCUT2D eigenvalue weighted by atomic mass is 79.9. The molecular formula is C13H12BrFN2. The van der Waals surface area contributed by atoms with Crippen LogP contribution in [0.5, 0.6) is 0 Å². The maximum absolute atomic E-state index is 12.9. The number of aryl methyl sites for hydroxylation is 1. The van der Waals surface area contributed by atoms with Gasteiger partial charge in [-0.2, -0.15) is 0 Å². The van der Waals surface area contributed by atoms with Crippen LogP contribution in [0.25, 0.3) is 0 Å². The third-order valence-corrected chi connectivity index (χ3v) is 3.06. The Kier molecular flexibility index (Phi) is 3.33. The highest BCUT2D eigenvalue weighted by molar-refractivity contribution is 9.10. The minimum absolute atomic E-state index is 0.278. The van der Waals surface area contributed by atoms with Crippen LogP contribution in [-0.4, -0.2) is 0 Å². The Balaban J connectivity index is 2.31. The van der Waals surface area contributed by atoms with Gasteiger partial charge in [-0.05, 0) is 58.7 Å². The Morgan fingerprint density at radius 3 is 2.47 bits per heavy atom. The SMILES string of the molecule is Cc1ccc(Nc2ccc(F)cc2Br)c(N)c1. The van der Waals surface area contributed by atoms with E-state index in [-0.39, 0.29) is 5.82 Å². The van der Waals surface area contributed by atoms with Crippen LogP contribution in [0.4, 0.5) is 21.5 Å². The molecule has 0 bridgehead atoms. The fraction of sp³-hybridized carbons (Fsp3) is 0.0769. The van der Waals surface area contributed by atoms with Crippen LogP contribution < -0.4 is 11.1 Å². The number of nitrogens with two attached hydrogens (primary N) is 1. The summed E-state index contributed by atoms with van der Waals surface area (Å²) in [7, 11) is 0. The molecule has 2 rings (SSSR count). The number of benzene rings is 2. The maximum atomic E-state index is 12.9. The zero-order valence-corrected chi connectivity index (χ0v) is 10.9. The molecule has 0 aliphatic carbocycles. The monoisotopic (exact) mass is 294 g/mol. The van der Waals surface area contributed by atoms with E-state index in [1.165, 1.54) is 12.1 Å². The number of hydrogen-bond acceptors (Lipinski definition) is 2. The van der Waals surface area contributed by atoms with Gasteiger partial charge in [-0.25, -0.2) is 4.39 Å². The number of anilines is 3. The van der Waals surface area contributed by atoms with E-state index in [1.54, 1.807) is 6.07 Å². The molecule has 0 amide bonds. The van der Waals surface area contributed by atoms with E-state index in [4.69, 9.17) is 5.73 Å². The molecule has 0 unspecified atom stereocenters. The first kappa shape index (κ1) is 11.9. The smallest absolute Gasteiger partial charge is 0.124 e. The van der Waals surface area contributed by atoms with Gasteiger partial charge in [0, 0.05) is 4.47 Å². The average molecular weight is 295 g/mol. The van der Waals surface area contributed by atoms with Crippen molar-refractivity contribution < 1.29 is 4.39 Å². The molecule has 2 aromatic rings. The molecule has 0 heterocycles. The highest BCUT2D eigenvalue weighted by Gasteiger charge is 2.04. The van der Waals surface area contributed by atoms with Crippen molar-refractivity contribution in [3.8, 4) is 0 Å². The van der Waals surface area contributed by atoms with E-state index in [0.29, 0.717) is 10.2 Å². The van der Waals surface area contributed by atoms with Crippen LogP contribution in [-0.2, 0) is 0 Å². The van der Waals surface area contributed by atoms with Crippen molar-refractivity contribution in [3.05, 3.63) is 52.3 Å². The predicted octanol–water partition coefficient (Wildman–Crippen LogP) is 4.22. The topological polar surface area (TPSA) is 38.0 Å². The van der Waals surface area contributed by atoms with Gasteiger partial charge < -0.3 is 11.1 Å². The van der Waals surface area contributed by atoms with Crippen LogP contribution in [0.3, 0.4) is 0 Å². The van der Waals surface area contributed by atoms with E-state index < -0.39 is 0 Å². The van der Waals surface area contributed by atoms with E-state index in [1.807, 2.05) is 25.1 Å². The fourth-order valence-electron chi connectivity index (χ4n) is 1.53. The van der Waals surface area contributed by atoms with E-state index >= 15 is 0 Å². The Morgan fingerprint density at radius 1 is 1.12 bits per heavy atom. The molecule has 3 N–H and O–H groups in total. The summed E-state index contributed by atoms with van der Waals surface area (Å²) >= 11 is 3.30. The lowest BCUT2D eigenvalue weighted by Crippen LogP contribution is -1.97. The molecule has 17 heavy (non-hydrogen) atoms. The average Bonchev–Trinajstić information content (AvgIpc) is 2.25. The standard InChI is InChI=1S/C13H12BrFN2/c1-8-2-4-13(11(16)6-8)17-12-5-3-9(15)7-10(12)14/h2-7,17H,16H2,1H3. The van der Waals surface area contributed by atoms with Crippen molar-refractivity contribution in [3.63, 3.8) is 0 Å². The van der Waals surface area contributed by atoms with Gasteiger partial charge in [0.1, 0.15) is 5.82 Å². The summed E-state index contributed by atoms with van der Waals surface area (Å²) in [6.07, 6.45) is 0. The third-order valence-electron chi connectivity index (χ3n) is 2.41. The molecule has 0 saturated carbocycles. The van der Waals surface area contributed by atoms with Crippen molar-refractivity contribution in [2.75, 3.05) is 11.1 Å². The Labute approximate surface area is 108 Å². The lowest BCUT2D eigenvalue weighted by Gasteiger charge is -2.11. The van der Waals surface area contributed by atoms with Gasteiger partial charge in [-0.3, -0.25) is 0 Å². The first-order valence-electron chi connectivity index (χ1n) is 5.14. The number of rotatable bonds is 2. The molecule has 0 aliphatic rings. The van der Waals surface area contributed by atoms with Crippen LogP contribution in [0.1, 0.15) is 5.56 Å². The highest BCUT2D eigenvalue weighted by Crippen LogP contribution is 2.29. The number of nitrogen functional groups attached to an aromatic ring is 1. The van der Waals surface area contributed by atoms with E-state index in [2.05, 4.69) is 21.2 Å². The second-order valence-corrected chi connectivity index (χ2v) is 4.69. The van der Waals surface area contributed by atoms with Crippen LogP contribution >= 0.6 is 15.9 Å². The van der Waals surface area contributed by atoms with Crippen molar-refractivity contribution in [1.29, 1.82) is 0 Å². The minimum Gasteiger partial charge on any atom is -0.397 e. The molecule has 2 aromatic carbocycles. The molecule has 0 radical (unpaired) electrons. The Hall–Kier alpha value is -1.55. The summed E-state index contributed by atoms with van der Waals surface area (Å²) in [4.78, 5) is 0. The van der Waals surface area contributed by atoms with Crippen LogP contribution in [0.2, 0.25) is 0 Å². The van der Waals surface area contributed by atoms with Crippen LogP contribution in [0.15, 0.2) is 40.9 Å². The van der Waals surface area contributed by atoms with Gasteiger partial charge in [-0.1, -0.05) is 6.07 Å². The molecule has 0 fully saturated rings. The molecule has 0 saturated heterocycles. The first-order valence-corrected chi connectivity index (χ1v) is 5.94. The van der Waals surface area contributed by atoms with Crippen molar-refractivity contribution in [2.24, 2.45) is 0 Å². The van der Waals surface area contributed by atoms with Gasteiger partial charge in [0.15, 0.2) is 0 Å². The van der Waals surface area contributed by atoms with E-state index in [9.17, 15) is 4.39 Å². The van der Waals surface area contributed by atoms with Crippen molar-refractivity contribution in [2.45, 2.75) is 6.92 Å². The van der Waals surface area contributed by atoms with Gasteiger partial charge in [0.2, 0.25) is 0 Å². The summed E-state index contributed by atoms with van der Waals surface area (Å²) in [5.41, 5.74) is 9.26. The van der Waals surface area contributed by atoms with Gasteiger partial charge in [0.25, 0.3) is 0 Å². The van der Waals surface area contributed by atoms with Crippen molar-refractivity contribution in [1.82, 2.24) is 0 Å². The largest absolute Gasteiger partial charge is 0.397 e. The predicted molar refractivity (Wildman–Crippen MR) is 73.0 cm³/mol. The molecule has 0 aliphatic heterocycles. The quantitative estimate of drug-likeness (QED) is 0.814. The molecular weight excluding hydrogens is 283 g/mol. The molecule has 88 valence electrons. The summed E-state index contributed by atoms with van der Waals surface area (Å²) in [5, 5.41) is 3.16. The molecule has 0 spiro atoms. The van der Waals surface area contributed by atoms with E-state index in [0.717, 1.165) is 16.9 Å². The van der Waals surface area contributed by atoms with Gasteiger partial charge in [-0.15, -0.1) is 0 Å². The summed E-state index contributed by atoms with van der Waals surface area (Å²) in [5.74, 6) is -0.278. The van der Waals surface area contributed by atoms with Gasteiger partial charge >= 0.3 is 0 Å². The fourth-order valence-corrected chi connectivity index (χ4v) is 1.98. The maximum Gasteiger partial charge on any atom is 0.124 e.